The molecule has 0 amide bonds. The van der Waals surface area contributed by atoms with E-state index >= 15 is 0 Å². The number of aromatic nitrogens is 2. The Kier molecular flexibility index (Phi) is 4.54. The summed E-state index contributed by atoms with van der Waals surface area (Å²) < 4.78 is 24.0. The van der Waals surface area contributed by atoms with Gasteiger partial charge >= 0.3 is 0 Å². The number of benzene rings is 1. The Morgan fingerprint density at radius 3 is 2.65 bits per heavy atom. The topological polar surface area (TPSA) is 95.8 Å². The van der Waals surface area contributed by atoms with E-state index in [0.29, 0.717) is 48.3 Å². The van der Waals surface area contributed by atoms with Gasteiger partial charge in [0.1, 0.15) is 23.9 Å². The molecule has 2 N–H and O–H groups in total. The van der Waals surface area contributed by atoms with E-state index in [4.69, 9.17) is 14.0 Å². The molecule has 136 valence electrons. The zero-order valence-corrected chi connectivity index (χ0v) is 13.9. The summed E-state index contributed by atoms with van der Waals surface area (Å²) in [5, 5.41) is 23.2. The van der Waals surface area contributed by atoms with Crippen LogP contribution >= 0.6 is 0 Å². The standard InChI is InChI=1S/C18H18FN3O4/c19-12-3-1-11(2-4-12)17-20-18(26-21-17)16-7-13(24)8-22(16)9-14-5-6-15(10-23)25-14/h1-6,13,16,23-24H,7-10H2. The van der Waals surface area contributed by atoms with E-state index < -0.39 is 6.10 Å². The number of halogens is 1. The van der Waals surface area contributed by atoms with Crippen molar-refractivity contribution >= 4 is 0 Å². The summed E-state index contributed by atoms with van der Waals surface area (Å²) in [6.45, 7) is 0.751. The van der Waals surface area contributed by atoms with Crippen molar-refractivity contribution in [1.82, 2.24) is 15.0 Å². The second kappa shape index (κ2) is 6.99. The van der Waals surface area contributed by atoms with Crippen LogP contribution in [0.2, 0.25) is 0 Å². The lowest BCUT2D eigenvalue weighted by molar-refractivity contribution is 0.160. The Balaban J connectivity index is 1.54. The number of rotatable bonds is 5. The number of aliphatic hydroxyl groups excluding tert-OH is 2. The molecule has 0 radical (unpaired) electrons. The van der Waals surface area contributed by atoms with E-state index in [-0.39, 0.29) is 18.5 Å². The first-order valence-electron chi connectivity index (χ1n) is 8.32. The van der Waals surface area contributed by atoms with E-state index in [1.807, 2.05) is 4.90 Å². The van der Waals surface area contributed by atoms with Crippen LogP contribution in [-0.2, 0) is 13.2 Å². The van der Waals surface area contributed by atoms with Gasteiger partial charge in [-0.1, -0.05) is 5.16 Å². The lowest BCUT2D eigenvalue weighted by Gasteiger charge is -2.19. The molecule has 3 heterocycles. The fourth-order valence-corrected chi connectivity index (χ4v) is 3.19. The maximum Gasteiger partial charge on any atom is 0.244 e. The van der Waals surface area contributed by atoms with E-state index in [0.717, 1.165) is 0 Å². The van der Waals surface area contributed by atoms with Gasteiger partial charge in [0.05, 0.1) is 18.7 Å². The lowest BCUT2D eigenvalue weighted by atomic mass is 10.2. The molecule has 26 heavy (non-hydrogen) atoms. The van der Waals surface area contributed by atoms with Gasteiger partial charge in [-0.15, -0.1) is 0 Å². The third kappa shape index (κ3) is 3.39. The Hall–Kier alpha value is -2.55. The first-order chi connectivity index (χ1) is 12.6. The lowest BCUT2D eigenvalue weighted by Crippen LogP contribution is -2.24. The normalized spacial score (nSPS) is 20.7. The molecular weight excluding hydrogens is 341 g/mol. The van der Waals surface area contributed by atoms with Crippen molar-refractivity contribution in [1.29, 1.82) is 0 Å². The van der Waals surface area contributed by atoms with Gasteiger partial charge in [0, 0.05) is 12.1 Å². The molecule has 3 aromatic rings. The van der Waals surface area contributed by atoms with Crippen LogP contribution in [0, 0.1) is 5.82 Å². The quantitative estimate of drug-likeness (QED) is 0.721. The minimum absolute atomic E-state index is 0.156. The van der Waals surface area contributed by atoms with Crippen molar-refractivity contribution < 1.29 is 23.5 Å². The van der Waals surface area contributed by atoms with Crippen molar-refractivity contribution in [3.8, 4) is 11.4 Å². The van der Waals surface area contributed by atoms with Crippen LogP contribution in [0.25, 0.3) is 11.4 Å². The van der Waals surface area contributed by atoms with Gasteiger partial charge in [-0.05, 0) is 42.8 Å². The van der Waals surface area contributed by atoms with Gasteiger partial charge < -0.3 is 19.2 Å². The number of hydrogen-bond acceptors (Lipinski definition) is 7. The zero-order valence-electron chi connectivity index (χ0n) is 13.9. The van der Waals surface area contributed by atoms with Crippen LogP contribution in [0.4, 0.5) is 4.39 Å². The van der Waals surface area contributed by atoms with E-state index in [2.05, 4.69) is 10.1 Å². The molecule has 0 spiro atoms. The maximum atomic E-state index is 13.1. The molecular formula is C18H18FN3O4. The largest absolute Gasteiger partial charge is 0.462 e. The molecule has 0 saturated carbocycles. The van der Waals surface area contributed by atoms with Crippen molar-refractivity contribution in [2.75, 3.05) is 6.54 Å². The Morgan fingerprint density at radius 1 is 1.15 bits per heavy atom. The van der Waals surface area contributed by atoms with Crippen LogP contribution in [-0.4, -0.2) is 37.9 Å². The van der Waals surface area contributed by atoms with E-state index in [1.54, 1.807) is 24.3 Å². The third-order valence-electron chi connectivity index (χ3n) is 4.44. The molecule has 1 saturated heterocycles. The van der Waals surface area contributed by atoms with Crippen molar-refractivity contribution in [3.05, 3.63) is 59.6 Å². The monoisotopic (exact) mass is 359 g/mol. The molecule has 2 atom stereocenters. The highest BCUT2D eigenvalue weighted by atomic mass is 19.1. The average Bonchev–Trinajstić information content (AvgIpc) is 3.35. The molecule has 2 aromatic heterocycles. The van der Waals surface area contributed by atoms with E-state index in [9.17, 15) is 9.50 Å². The van der Waals surface area contributed by atoms with Gasteiger partial charge in [-0.3, -0.25) is 4.90 Å². The minimum Gasteiger partial charge on any atom is -0.462 e. The first-order valence-corrected chi connectivity index (χ1v) is 8.32. The number of furan rings is 1. The fourth-order valence-electron chi connectivity index (χ4n) is 3.19. The molecule has 2 unspecified atom stereocenters. The zero-order chi connectivity index (χ0) is 18.1. The second-order valence-corrected chi connectivity index (χ2v) is 6.32. The Labute approximate surface area is 148 Å². The average molecular weight is 359 g/mol. The summed E-state index contributed by atoms with van der Waals surface area (Å²) in [6, 6.07) is 9.13. The smallest absolute Gasteiger partial charge is 0.244 e. The molecule has 1 aromatic carbocycles. The minimum atomic E-state index is -0.506. The molecule has 1 fully saturated rings. The number of hydrogen-bond donors (Lipinski definition) is 2. The van der Waals surface area contributed by atoms with Gasteiger partial charge in [0.25, 0.3) is 0 Å². The highest BCUT2D eigenvalue weighted by Crippen LogP contribution is 2.33. The number of nitrogens with zero attached hydrogens (tertiary/aromatic N) is 3. The predicted molar refractivity (Wildman–Crippen MR) is 88.1 cm³/mol. The number of likely N-dealkylation sites (tertiary alicyclic amines) is 1. The van der Waals surface area contributed by atoms with Gasteiger partial charge in [-0.2, -0.15) is 4.98 Å². The summed E-state index contributed by atoms with van der Waals surface area (Å²) in [5.74, 6) is 1.62. The SMILES string of the molecule is OCc1ccc(CN2CC(O)CC2c2nc(-c3ccc(F)cc3)no2)o1. The summed E-state index contributed by atoms with van der Waals surface area (Å²) in [7, 11) is 0. The maximum absolute atomic E-state index is 13.1. The van der Waals surface area contributed by atoms with Crippen LogP contribution in [0.5, 0.6) is 0 Å². The van der Waals surface area contributed by atoms with E-state index in [1.165, 1.54) is 12.1 Å². The number of β-amino-alcohol motifs (C(OH)–C–C–N with tert-alkyl or cyclic N) is 1. The van der Waals surface area contributed by atoms with Crippen molar-refractivity contribution in [2.45, 2.75) is 31.7 Å². The molecule has 7 nitrogen and oxygen atoms in total. The molecule has 4 rings (SSSR count). The molecule has 1 aliphatic rings. The first kappa shape index (κ1) is 16.9. The summed E-state index contributed by atoms with van der Waals surface area (Å²) in [6.07, 6.45) is -0.0352. The van der Waals surface area contributed by atoms with Crippen molar-refractivity contribution in [2.24, 2.45) is 0 Å². The Morgan fingerprint density at radius 2 is 1.92 bits per heavy atom. The summed E-state index contributed by atoms with van der Waals surface area (Å²) in [4.78, 5) is 6.41. The highest BCUT2D eigenvalue weighted by Gasteiger charge is 2.36. The van der Waals surface area contributed by atoms with Crippen LogP contribution in [0.3, 0.4) is 0 Å². The molecule has 0 aliphatic carbocycles. The van der Waals surface area contributed by atoms with Crippen LogP contribution in [0.1, 0.15) is 29.9 Å². The van der Waals surface area contributed by atoms with Gasteiger partial charge in [0.2, 0.25) is 11.7 Å². The second-order valence-electron chi connectivity index (χ2n) is 6.32. The van der Waals surface area contributed by atoms with Crippen LogP contribution < -0.4 is 0 Å². The molecule has 0 bridgehead atoms. The molecule has 8 heteroatoms. The highest BCUT2D eigenvalue weighted by molar-refractivity contribution is 5.53. The van der Waals surface area contributed by atoms with Gasteiger partial charge in [-0.25, -0.2) is 4.39 Å². The third-order valence-corrected chi connectivity index (χ3v) is 4.44. The summed E-state index contributed by atoms with van der Waals surface area (Å²) >= 11 is 0. The van der Waals surface area contributed by atoms with Crippen molar-refractivity contribution in [3.63, 3.8) is 0 Å². The predicted octanol–water partition coefficient (Wildman–Crippen LogP) is 2.27. The molecule has 1 aliphatic heterocycles. The Bertz CT molecular complexity index is 877. The van der Waals surface area contributed by atoms with Crippen LogP contribution in [0.15, 0.2) is 45.3 Å². The number of aliphatic hydroxyl groups is 2. The van der Waals surface area contributed by atoms with Gasteiger partial charge in [0.15, 0.2) is 0 Å². The fraction of sp³-hybridized carbons (Fsp3) is 0.333. The summed E-state index contributed by atoms with van der Waals surface area (Å²) in [5.41, 5.74) is 0.658.